The van der Waals surface area contributed by atoms with Crippen LogP contribution in [-0.4, -0.2) is 22.0 Å². The minimum atomic E-state index is -0.0798. The zero-order chi connectivity index (χ0) is 21.8. The lowest BCUT2D eigenvalue weighted by Gasteiger charge is -2.12. The molecule has 1 N–H and O–H groups in total. The van der Waals surface area contributed by atoms with E-state index in [1.54, 1.807) is 12.1 Å². The van der Waals surface area contributed by atoms with E-state index in [-0.39, 0.29) is 5.91 Å². The molecule has 4 nitrogen and oxygen atoms in total. The Labute approximate surface area is 199 Å². The number of imidazole rings is 1. The average molecular weight is 517 g/mol. The predicted molar refractivity (Wildman–Crippen MR) is 130 cm³/mol. The zero-order valence-electron chi connectivity index (χ0n) is 16.6. The van der Waals surface area contributed by atoms with Crippen molar-refractivity contribution in [1.29, 1.82) is 0 Å². The van der Waals surface area contributed by atoms with Crippen molar-refractivity contribution < 1.29 is 4.79 Å². The highest BCUT2D eigenvalue weighted by Crippen LogP contribution is 2.27. The minimum absolute atomic E-state index is 0.0798. The normalized spacial score (nSPS) is 11.1. The van der Waals surface area contributed by atoms with E-state index in [1.165, 1.54) is 0 Å². The van der Waals surface area contributed by atoms with Crippen molar-refractivity contribution in [2.24, 2.45) is 0 Å². The van der Waals surface area contributed by atoms with Crippen LogP contribution in [0.25, 0.3) is 11.0 Å². The topological polar surface area (TPSA) is 46.9 Å². The van der Waals surface area contributed by atoms with Gasteiger partial charge in [0.15, 0.2) is 0 Å². The largest absolute Gasteiger partial charge is 0.352 e. The number of hydrogen-bond donors (Lipinski definition) is 1. The molecule has 0 atom stereocenters. The van der Waals surface area contributed by atoms with Gasteiger partial charge in [-0.2, -0.15) is 0 Å². The van der Waals surface area contributed by atoms with Crippen molar-refractivity contribution in [3.05, 3.63) is 98.2 Å². The van der Waals surface area contributed by atoms with Crippen LogP contribution < -0.4 is 5.32 Å². The SMILES string of the molecule is O=C(NCCCc1nc2ccccc2n1Cc1c(Cl)cccc1Cl)c1ccc(Br)cc1. The van der Waals surface area contributed by atoms with Crippen LogP contribution in [0.5, 0.6) is 0 Å². The highest BCUT2D eigenvalue weighted by Gasteiger charge is 2.14. The second-order valence-electron chi connectivity index (χ2n) is 7.17. The summed E-state index contributed by atoms with van der Waals surface area (Å²) in [6.45, 7) is 1.10. The first kappa shape index (κ1) is 21.9. The Bertz CT molecular complexity index is 1200. The zero-order valence-corrected chi connectivity index (χ0v) is 19.7. The maximum Gasteiger partial charge on any atom is 0.251 e. The molecule has 4 rings (SSSR count). The molecule has 1 aromatic heterocycles. The molecule has 0 aliphatic rings. The number of fused-ring (bicyclic) bond motifs is 1. The number of aryl methyl sites for hydroxylation is 1. The maximum absolute atomic E-state index is 12.3. The summed E-state index contributed by atoms with van der Waals surface area (Å²) in [5.74, 6) is 0.860. The molecule has 1 heterocycles. The Morgan fingerprint density at radius 3 is 2.42 bits per heavy atom. The van der Waals surface area contributed by atoms with Gasteiger partial charge in [-0.25, -0.2) is 4.98 Å². The molecule has 0 aliphatic carbocycles. The van der Waals surface area contributed by atoms with Gasteiger partial charge in [-0.15, -0.1) is 0 Å². The van der Waals surface area contributed by atoms with Gasteiger partial charge in [0.2, 0.25) is 0 Å². The molecule has 0 unspecified atom stereocenters. The van der Waals surface area contributed by atoms with Crippen LogP contribution in [0.2, 0.25) is 10.0 Å². The van der Waals surface area contributed by atoms with Crippen molar-refractivity contribution in [3.63, 3.8) is 0 Å². The van der Waals surface area contributed by atoms with Gasteiger partial charge in [-0.1, -0.05) is 57.3 Å². The number of benzene rings is 3. The fraction of sp³-hybridized carbons (Fsp3) is 0.167. The number of hydrogen-bond acceptors (Lipinski definition) is 2. The molecule has 31 heavy (non-hydrogen) atoms. The monoisotopic (exact) mass is 515 g/mol. The molecule has 158 valence electrons. The van der Waals surface area contributed by atoms with Gasteiger partial charge in [0.05, 0.1) is 17.6 Å². The second-order valence-corrected chi connectivity index (χ2v) is 8.90. The van der Waals surface area contributed by atoms with Gasteiger partial charge in [0.1, 0.15) is 5.82 Å². The van der Waals surface area contributed by atoms with Crippen molar-refractivity contribution >= 4 is 56.1 Å². The van der Waals surface area contributed by atoms with E-state index in [9.17, 15) is 4.79 Å². The molecule has 0 spiro atoms. The van der Waals surface area contributed by atoms with E-state index in [2.05, 4.69) is 25.8 Å². The second kappa shape index (κ2) is 9.86. The molecule has 0 bridgehead atoms. The average Bonchev–Trinajstić information content (AvgIpc) is 3.11. The fourth-order valence-electron chi connectivity index (χ4n) is 3.49. The highest BCUT2D eigenvalue weighted by molar-refractivity contribution is 9.10. The highest BCUT2D eigenvalue weighted by atomic mass is 79.9. The van der Waals surface area contributed by atoms with E-state index in [1.807, 2.05) is 54.6 Å². The van der Waals surface area contributed by atoms with Crippen LogP contribution >= 0.6 is 39.1 Å². The van der Waals surface area contributed by atoms with Crippen molar-refractivity contribution in [1.82, 2.24) is 14.9 Å². The van der Waals surface area contributed by atoms with Crippen LogP contribution in [-0.2, 0) is 13.0 Å². The van der Waals surface area contributed by atoms with E-state index in [4.69, 9.17) is 28.2 Å². The Morgan fingerprint density at radius 1 is 0.968 bits per heavy atom. The smallest absolute Gasteiger partial charge is 0.251 e. The minimum Gasteiger partial charge on any atom is -0.352 e. The summed E-state index contributed by atoms with van der Waals surface area (Å²) >= 11 is 16.2. The van der Waals surface area contributed by atoms with E-state index < -0.39 is 0 Å². The van der Waals surface area contributed by atoms with Gasteiger partial charge < -0.3 is 9.88 Å². The summed E-state index contributed by atoms with van der Waals surface area (Å²) < 4.78 is 3.10. The van der Waals surface area contributed by atoms with Crippen LogP contribution in [0.15, 0.2) is 71.2 Å². The number of nitrogens with zero attached hydrogens (tertiary/aromatic N) is 2. The van der Waals surface area contributed by atoms with Gasteiger partial charge in [0.25, 0.3) is 5.91 Å². The fourth-order valence-corrected chi connectivity index (χ4v) is 4.27. The number of halogens is 3. The van der Waals surface area contributed by atoms with Crippen LogP contribution in [0, 0.1) is 0 Å². The quantitative estimate of drug-likeness (QED) is 0.284. The summed E-state index contributed by atoms with van der Waals surface area (Å²) in [5, 5.41) is 4.25. The first-order valence-corrected chi connectivity index (χ1v) is 11.5. The third kappa shape index (κ3) is 5.12. The van der Waals surface area contributed by atoms with Gasteiger partial charge in [-0.05, 0) is 55.0 Å². The third-order valence-electron chi connectivity index (χ3n) is 5.08. The molecule has 7 heteroatoms. The summed E-state index contributed by atoms with van der Waals surface area (Å²) in [7, 11) is 0. The van der Waals surface area contributed by atoms with E-state index >= 15 is 0 Å². The number of aromatic nitrogens is 2. The van der Waals surface area contributed by atoms with E-state index in [0.717, 1.165) is 39.7 Å². The number of para-hydroxylation sites is 2. The van der Waals surface area contributed by atoms with Gasteiger partial charge >= 0.3 is 0 Å². The molecule has 1 amide bonds. The Hall–Kier alpha value is -2.34. The molecule has 3 aromatic carbocycles. The first-order valence-electron chi connectivity index (χ1n) is 9.94. The number of carbonyl (C=O) groups is 1. The van der Waals surface area contributed by atoms with E-state index in [0.29, 0.717) is 28.7 Å². The maximum atomic E-state index is 12.3. The molecular formula is C24H20BrCl2N3O. The summed E-state index contributed by atoms with van der Waals surface area (Å²) in [6.07, 6.45) is 1.49. The van der Waals surface area contributed by atoms with Crippen molar-refractivity contribution in [2.45, 2.75) is 19.4 Å². The number of carbonyl (C=O) groups excluding carboxylic acids is 1. The molecule has 0 saturated carbocycles. The van der Waals surface area contributed by atoms with Gasteiger partial charge in [0, 0.05) is 38.6 Å². The molecule has 0 saturated heterocycles. The van der Waals surface area contributed by atoms with Crippen LogP contribution in [0.1, 0.15) is 28.2 Å². The lowest BCUT2D eigenvalue weighted by molar-refractivity contribution is 0.0953. The van der Waals surface area contributed by atoms with Crippen molar-refractivity contribution in [2.75, 3.05) is 6.54 Å². The number of rotatable bonds is 7. The number of amides is 1. The predicted octanol–water partition coefficient (Wildman–Crippen LogP) is 6.52. The Kier molecular flexibility index (Phi) is 6.96. The molecular weight excluding hydrogens is 497 g/mol. The lowest BCUT2D eigenvalue weighted by Crippen LogP contribution is -2.25. The lowest BCUT2D eigenvalue weighted by atomic mass is 10.2. The summed E-state index contributed by atoms with van der Waals surface area (Å²) in [6, 6.07) is 20.9. The Morgan fingerprint density at radius 2 is 1.68 bits per heavy atom. The summed E-state index contributed by atoms with van der Waals surface area (Å²) in [4.78, 5) is 17.1. The first-order chi connectivity index (χ1) is 15.0. The molecule has 0 radical (unpaired) electrons. The molecule has 4 aromatic rings. The number of nitrogens with one attached hydrogen (secondary N) is 1. The molecule has 0 aliphatic heterocycles. The van der Waals surface area contributed by atoms with Crippen LogP contribution in [0.4, 0.5) is 0 Å². The summed E-state index contributed by atoms with van der Waals surface area (Å²) in [5.41, 5.74) is 3.48. The third-order valence-corrected chi connectivity index (χ3v) is 6.32. The van der Waals surface area contributed by atoms with Gasteiger partial charge in [-0.3, -0.25) is 4.79 Å². The van der Waals surface area contributed by atoms with Crippen molar-refractivity contribution in [3.8, 4) is 0 Å². The molecule has 0 fully saturated rings. The Balaban J connectivity index is 1.48. The standard InChI is InChI=1S/C24H20BrCl2N3O/c25-17-12-10-16(11-13-17)24(31)28-14-4-9-23-29-21-7-1-2-8-22(21)30(23)15-18-19(26)5-3-6-20(18)27/h1-3,5-8,10-13H,4,9,14-15H2,(H,28,31). The van der Waals surface area contributed by atoms with Crippen LogP contribution in [0.3, 0.4) is 0 Å².